The number of allylic oxidation sites excluding steroid dienone is 1. The highest BCUT2D eigenvalue weighted by Gasteiger charge is 2.15. The van der Waals surface area contributed by atoms with E-state index in [4.69, 9.17) is 10.00 Å². The van der Waals surface area contributed by atoms with Crippen LogP contribution in [-0.4, -0.2) is 11.6 Å². The second-order valence-corrected chi connectivity index (χ2v) is 5.25. The van der Waals surface area contributed by atoms with Gasteiger partial charge in [0, 0.05) is 6.08 Å². The second kappa shape index (κ2) is 6.19. The standard InChI is InChI=1S/C16H19NO2/c1-5-13(10-15(18)19-16(2,3)4)14-8-6-7-12(9-14)11-17/h6-10H,5H2,1-4H3/b13-10-. The van der Waals surface area contributed by atoms with Gasteiger partial charge in [0.1, 0.15) is 5.60 Å². The first kappa shape index (κ1) is 15.0. The van der Waals surface area contributed by atoms with Crippen molar-refractivity contribution in [3.05, 3.63) is 41.5 Å². The van der Waals surface area contributed by atoms with Gasteiger partial charge in [-0.2, -0.15) is 5.26 Å². The minimum atomic E-state index is -0.499. The largest absolute Gasteiger partial charge is 0.457 e. The Morgan fingerprint density at radius 1 is 1.42 bits per heavy atom. The summed E-state index contributed by atoms with van der Waals surface area (Å²) in [5, 5.41) is 8.89. The van der Waals surface area contributed by atoms with Crippen molar-refractivity contribution in [3.8, 4) is 6.07 Å². The summed E-state index contributed by atoms with van der Waals surface area (Å²) in [6.45, 7) is 7.47. The number of ether oxygens (including phenoxy) is 1. The maximum absolute atomic E-state index is 11.8. The molecule has 1 aromatic rings. The summed E-state index contributed by atoms with van der Waals surface area (Å²) >= 11 is 0. The van der Waals surface area contributed by atoms with Gasteiger partial charge in [0.25, 0.3) is 0 Å². The number of hydrogen-bond donors (Lipinski definition) is 0. The zero-order valence-electron chi connectivity index (χ0n) is 11.9. The van der Waals surface area contributed by atoms with Crippen molar-refractivity contribution in [2.24, 2.45) is 0 Å². The van der Waals surface area contributed by atoms with Crippen LogP contribution in [0.2, 0.25) is 0 Å². The topological polar surface area (TPSA) is 50.1 Å². The summed E-state index contributed by atoms with van der Waals surface area (Å²) < 4.78 is 5.27. The summed E-state index contributed by atoms with van der Waals surface area (Å²) in [6, 6.07) is 9.31. The van der Waals surface area contributed by atoms with Crippen molar-refractivity contribution < 1.29 is 9.53 Å². The van der Waals surface area contributed by atoms with Crippen LogP contribution in [0, 0.1) is 11.3 Å². The zero-order chi connectivity index (χ0) is 14.5. The number of rotatable bonds is 3. The van der Waals surface area contributed by atoms with Crippen molar-refractivity contribution in [2.75, 3.05) is 0 Å². The molecule has 0 aromatic heterocycles. The Kier molecular flexibility index (Phi) is 4.88. The molecule has 1 aromatic carbocycles. The van der Waals surface area contributed by atoms with Crippen LogP contribution in [-0.2, 0) is 9.53 Å². The Balaban J connectivity index is 3.00. The molecule has 0 amide bonds. The van der Waals surface area contributed by atoms with Crippen LogP contribution < -0.4 is 0 Å². The number of carbonyl (C=O) groups excluding carboxylic acids is 1. The molecule has 0 N–H and O–H groups in total. The highest BCUT2D eigenvalue weighted by Crippen LogP contribution is 2.20. The third-order valence-electron chi connectivity index (χ3n) is 2.44. The fourth-order valence-electron chi connectivity index (χ4n) is 1.65. The SMILES string of the molecule is CC/C(=C/C(=O)OC(C)(C)C)c1cccc(C#N)c1. The average Bonchev–Trinajstić information content (AvgIpc) is 2.34. The molecule has 0 heterocycles. The molecule has 0 saturated heterocycles. The summed E-state index contributed by atoms with van der Waals surface area (Å²) in [4.78, 5) is 11.8. The lowest BCUT2D eigenvalue weighted by Crippen LogP contribution is -2.22. The van der Waals surface area contributed by atoms with E-state index in [0.29, 0.717) is 12.0 Å². The molecule has 3 nitrogen and oxygen atoms in total. The lowest BCUT2D eigenvalue weighted by molar-refractivity contribution is -0.148. The van der Waals surface area contributed by atoms with Crippen LogP contribution >= 0.6 is 0 Å². The highest BCUT2D eigenvalue weighted by molar-refractivity contribution is 5.91. The summed E-state index contributed by atoms with van der Waals surface area (Å²) in [5.41, 5.74) is 1.83. The van der Waals surface area contributed by atoms with Crippen LogP contribution in [0.4, 0.5) is 0 Å². The molecule has 0 radical (unpaired) electrons. The normalized spacial score (nSPS) is 11.8. The van der Waals surface area contributed by atoms with Crippen molar-refractivity contribution in [3.63, 3.8) is 0 Å². The molecule has 0 atom stereocenters. The fraction of sp³-hybridized carbons (Fsp3) is 0.375. The number of benzene rings is 1. The molecule has 1 rings (SSSR count). The Bertz CT molecular complexity index is 530. The van der Waals surface area contributed by atoms with E-state index in [-0.39, 0.29) is 5.97 Å². The Morgan fingerprint density at radius 2 is 2.11 bits per heavy atom. The lowest BCUT2D eigenvalue weighted by atomic mass is 10.0. The summed E-state index contributed by atoms with van der Waals surface area (Å²) in [6.07, 6.45) is 2.20. The van der Waals surface area contributed by atoms with Crippen LogP contribution in [0.25, 0.3) is 5.57 Å². The number of esters is 1. The molecule has 0 aliphatic rings. The van der Waals surface area contributed by atoms with Gasteiger partial charge in [-0.1, -0.05) is 19.1 Å². The molecule has 0 saturated carbocycles. The Labute approximate surface area is 114 Å². The van der Waals surface area contributed by atoms with E-state index in [1.807, 2.05) is 39.8 Å². The average molecular weight is 257 g/mol. The van der Waals surface area contributed by atoms with Gasteiger partial charge in [0.05, 0.1) is 11.6 Å². The number of carbonyl (C=O) groups is 1. The first-order chi connectivity index (χ1) is 8.85. The maximum atomic E-state index is 11.8. The number of hydrogen-bond acceptors (Lipinski definition) is 3. The van der Waals surface area contributed by atoms with E-state index in [0.717, 1.165) is 11.1 Å². The lowest BCUT2D eigenvalue weighted by Gasteiger charge is -2.18. The van der Waals surface area contributed by atoms with Crippen molar-refractivity contribution in [1.82, 2.24) is 0 Å². The monoisotopic (exact) mass is 257 g/mol. The molecule has 0 spiro atoms. The maximum Gasteiger partial charge on any atom is 0.331 e. The van der Waals surface area contributed by atoms with E-state index in [9.17, 15) is 4.79 Å². The van der Waals surface area contributed by atoms with Crippen LogP contribution in [0.1, 0.15) is 45.2 Å². The van der Waals surface area contributed by atoms with Gasteiger partial charge >= 0.3 is 5.97 Å². The summed E-state index contributed by atoms with van der Waals surface area (Å²) in [5.74, 6) is -0.355. The van der Waals surface area contributed by atoms with Gasteiger partial charge in [0.15, 0.2) is 0 Å². The van der Waals surface area contributed by atoms with Crippen molar-refractivity contribution in [1.29, 1.82) is 5.26 Å². The van der Waals surface area contributed by atoms with Crippen LogP contribution in [0.15, 0.2) is 30.3 Å². The quantitative estimate of drug-likeness (QED) is 0.613. The predicted octanol–water partition coefficient (Wildman–Crippen LogP) is 3.69. The van der Waals surface area contributed by atoms with E-state index >= 15 is 0 Å². The smallest absolute Gasteiger partial charge is 0.331 e. The molecule has 0 aliphatic carbocycles. The zero-order valence-corrected chi connectivity index (χ0v) is 11.9. The molecule has 100 valence electrons. The van der Waals surface area contributed by atoms with Gasteiger partial charge in [-0.25, -0.2) is 4.79 Å². The highest BCUT2D eigenvalue weighted by atomic mass is 16.6. The van der Waals surface area contributed by atoms with E-state index < -0.39 is 5.60 Å². The van der Waals surface area contributed by atoms with Gasteiger partial charge in [-0.05, 0) is 50.5 Å². The molecule has 0 bridgehead atoms. The fourth-order valence-corrected chi connectivity index (χ4v) is 1.65. The molecular formula is C16H19NO2. The first-order valence-electron chi connectivity index (χ1n) is 6.30. The first-order valence-corrected chi connectivity index (χ1v) is 6.30. The molecule has 19 heavy (non-hydrogen) atoms. The van der Waals surface area contributed by atoms with E-state index in [1.165, 1.54) is 6.08 Å². The van der Waals surface area contributed by atoms with Crippen LogP contribution in [0.5, 0.6) is 0 Å². The minimum Gasteiger partial charge on any atom is -0.457 e. The van der Waals surface area contributed by atoms with Crippen LogP contribution in [0.3, 0.4) is 0 Å². The molecule has 3 heteroatoms. The summed E-state index contributed by atoms with van der Waals surface area (Å²) in [7, 11) is 0. The van der Waals surface area contributed by atoms with Crippen molar-refractivity contribution >= 4 is 11.5 Å². The minimum absolute atomic E-state index is 0.355. The molecular weight excluding hydrogens is 238 g/mol. The molecule has 0 unspecified atom stereocenters. The second-order valence-electron chi connectivity index (χ2n) is 5.25. The van der Waals surface area contributed by atoms with Gasteiger partial charge in [0.2, 0.25) is 0 Å². The predicted molar refractivity (Wildman–Crippen MR) is 75.3 cm³/mol. The van der Waals surface area contributed by atoms with E-state index in [2.05, 4.69) is 6.07 Å². The van der Waals surface area contributed by atoms with Crippen molar-refractivity contribution in [2.45, 2.75) is 39.7 Å². The van der Waals surface area contributed by atoms with Gasteiger partial charge in [-0.15, -0.1) is 0 Å². The molecule has 0 aliphatic heterocycles. The number of nitriles is 1. The van der Waals surface area contributed by atoms with Gasteiger partial charge in [-0.3, -0.25) is 0 Å². The Hall–Kier alpha value is -2.08. The van der Waals surface area contributed by atoms with E-state index in [1.54, 1.807) is 12.1 Å². The third kappa shape index (κ3) is 4.97. The molecule has 0 fully saturated rings. The van der Waals surface area contributed by atoms with Gasteiger partial charge < -0.3 is 4.74 Å². The number of nitrogens with zero attached hydrogens (tertiary/aromatic N) is 1. The third-order valence-corrected chi connectivity index (χ3v) is 2.44. The Morgan fingerprint density at radius 3 is 2.63 bits per heavy atom.